The molecule has 0 fully saturated rings. The van der Waals surface area contributed by atoms with Gasteiger partial charge in [0.15, 0.2) is 0 Å². The van der Waals surface area contributed by atoms with E-state index in [4.69, 9.17) is 0 Å². The molecule has 0 bridgehead atoms. The first-order valence-corrected chi connectivity index (χ1v) is 4.89. The normalized spacial score (nSPS) is 10.5. The number of nitro groups is 1. The third-order valence-electron chi connectivity index (χ3n) is 2.65. The number of rotatable bonds is 1. The highest BCUT2D eigenvalue weighted by molar-refractivity contribution is 5.93. The van der Waals surface area contributed by atoms with Crippen LogP contribution >= 0.6 is 0 Å². The fourth-order valence-electron chi connectivity index (χ4n) is 1.84. The summed E-state index contributed by atoms with van der Waals surface area (Å²) >= 11 is 0. The Morgan fingerprint density at radius 3 is 2.71 bits per heavy atom. The monoisotopic (exact) mass is 234 g/mol. The van der Waals surface area contributed by atoms with Gasteiger partial charge in [-0.2, -0.15) is 0 Å². The minimum Gasteiger partial charge on any atom is -0.452 e. The van der Waals surface area contributed by atoms with Crippen molar-refractivity contribution < 1.29 is 14.5 Å². The van der Waals surface area contributed by atoms with Gasteiger partial charge in [-0.3, -0.25) is 14.7 Å². The van der Waals surface area contributed by atoms with Crippen LogP contribution in [0.3, 0.4) is 0 Å². The van der Waals surface area contributed by atoms with Crippen LogP contribution in [0.2, 0.25) is 0 Å². The molecule has 1 heterocycles. The number of carbonyl (C=O) groups is 1. The van der Waals surface area contributed by atoms with Crippen LogP contribution in [0.1, 0.15) is 5.56 Å². The van der Waals surface area contributed by atoms with Crippen molar-refractivity contribution in [1.82, 2.24) is 4.57 Å². The summed E-state index contributed by atoms with van der Waals surface area (Å²) in [5, 5.41) is 11.6. The lowest BCUT2D eigenvalue weighted by atomic mass is 10.1. The van der Waals surface area contributed by atoms with E-state index in [2.05, 4.69) is 4.74 Å². The van der Waals surface area contributed by atoms with E-state index in [0.717, 1.165) is 5.39 Å². The molecule has 0 aliphatic carbocycles. The molecule has 2 rings (SSSR count). The van der Waals surface area contributed by atoms with Gasteiger partial charge in [0, 0.05) is 17.6 Å². The lowest BCUT2D eigenvalue weighted by Gasteiger charge is -2.05. The van der Waals surface area contributed by atoms with Gasteiger partial charge in [-0.1, -0.05) is 0 Å². The first-order valence-electron chi connectivity index (χ1n) is 4.89. The molecule has 0 spiro atoms. The van der Waals surface area contributed by atoms with Crippen molar-refractivity contribution in [2.24, 2.45) is 0 Å². The highest BCUT2D eigenvalue weighted by Gasteiger charge is 2.18. The molecule has 0 atom stereocenters. The van der Waals surface area contributed by atoms with Crippen LogP contribution < -0.4 is 0 Å². The van der Waals surface area contributed by atoms with Gasteiger partial charge >= 0.3 is 6.09 Å². The molecular weight excluding hydrogens is 224 g/mol. The first kappa shape index (κ1) is 11.1. The number of aromatic nitrogens is 1. The summed E-state index contributed by atoms with van der Waals surface area (Å²) in [6.07, 6.45) is 0.969. The van der Waals surface area contributed by atoms with Crippen molar-refractivity contribution in [3.05, 3.63) is 40.1 Å². The number of hydrogen-bond acceptors (Lipinski definition) is 4. The highest BCUT2D eigenvalue weighted by Crippen LogP contribution is 2.27. The Labute approximate surface area is 96.6 Å². The molecule has 0 N–H and O–H groups in total. The third-order valence-corrected chi connectivity index (χ3v) is 2.65. The van der Waals surface area contributed by atoms with Gasteiger partial charge in [-0.15, -0.1) is 0 Å². The van der Waals surface area contributed by atoms with Crippen LogP contribution in [-0.4, -0.2) is 22.7 Å². The first-order chi connectivity index (χ1) is 8.06. The average molecular weight is 234 g/mol. The van der Waals surface area contributed by atoms with Crippen LogP contribution in [-0.2, 0) is 4.74 Å². The number of nitrogens with zero attached hydrogens (tertiary/aromatic N) is 2. The van der Waals surface area contributed by atoms with E-state index in [1.54, 1.807) is 19.1 Å². The maximum atomic E-state index is 11.5. The van der Waals surface area contributed by atoms with Crippen LogP contribution in [0.25, 0.3) is 10.9 Å². The fraction of sp³-hybridized carbons (Fsp3) is 0.182. The van der Waals surface area contributed by atoms with Gasteiger partial charge in [0.05, 0.1) is 23.1 Å². The van der Waals surface area contributed by atoms with Crippen molar-refractivity contribution >= 4 is 22.7 Å². The summed E-state index contributed by atoms with van der Waals surface area (Å²) in [5.74, 6) is 0. The molecule has 1 aromatic carbocycles. The lowest BCUT2D eigenvalue weighted by molar-refractivity contribution is -0.385. The third kappa shape index (κ3) is 1.63. The Bertz CT molecular complexity index is 615. The standard InChI is InChI=1S/C11H10N2O4/c1-7-9(13(15)16)4-3-8-5-6-12(10(7)8)11(14)17-2/h3-6H,1-2H3. The summed E-state index contributed by atoms with van der Waals surface area (Å²) in [6.45, 7) is 1.61. The van der Waals surface area contributed by atoms with Gasteiger partial charge in [-0.25, -0.2) is 4.79 Å². The van der Waals surface area contributed by atoms with E-state index in [9.17, 15) is 14.9 Å². The zero-order valence-electron chi connectivity index (χ0n) is 9.34. The predicted molar refractivity (Wildman–Crippen MR) is 61.1 cm³/mol. The van der Waals surface area contributed by atoms with Crippen molar-refractivity contribution in [3.8, 4) is 0 Å². The Kier molecular flexibility index (Phi) is 2.55. The fourth-order valence-corrected chi connectivity index (χ4v) is 1.84. The van der Waals surface area contributed by atoms with Crippen molar-refractivity contribution in [3.63, 3.8) is 0 Å². The average Bonchev–Trinajstić information content (AvgIpc) is 2.72. The molecule has 1 aromatic heterocycles. The molecule has 0 unspecified atom stereocenters. The number of hydrogen-bond donors (Lipinski definition) is 0. The van der Waals surface area contributed by atoms with E-state index in [0.29, 0.717) is 11.1 Å². The number of nitro benzene ring substituents is 1. The molecule has 2 aromatic rings. The van der Waals surface area contributed by atoms with E-state index >= 15 is 0 Å². The molecule has 6 nitrogen and oxygen atoms in total. The number of carbonyl (C=O) groups excluding carboxylic acids is 1. The van der Waals surface area contributed by atoms with Crippen LogP contribution in [0, 0.1) is 17.0 Å². The maximum Gasteiger partial charge on any atom is 0.418 e. The van der Waals surface area contributed by atoms with E-state index in [1.165, 1.54) is 23.9 Å². The molecular formula is C11H10N2O4. The lowest BCUT2D eigenvalue weighted by Crippen LogP contribution is -2.10. The molecule has 0 amide bonds. The smallest absolute Gasteiger partial charge is 0.418 e. The number of ether oxygens (including phenoxy) is 1. The van der Waals surface area contributed by atoms with Crippen LogP contribution in [0.5, 0.6) is 0 Å². The van der Waals surface area contributed by atoms with E-state index in [-0.39, 0.29) is 5.69 Å². The molecule has 0 saturated carbocycles. The quantitative estimate of drug-likeness (QED) is 0.561. The van der Waals surface area contributed by atoms with Crippen molar-refractivity contribution in [2.75, 3.05) is 7.11 Å². The van der Waals surface area contributed by atoms with E-state index < -0.39 is 11.0 Å². The molecule has 0 aliphatic heterocycles. The second-order valence-corrected chi connectivity index (χ2v) is 3.56. The van der Waals surface area contributed by atoms with Gasteiger partial charge < -0.3 is 4.74 Å². The Morgan fingerprint density at radius 2 is 2.12 bits per heavy atom. The summed E-state index contributed by atoms with van der Waals surface area (Å²) < 4.78 is 5.87. The summed E-state index contributed by atoms with van der Waals surface area (Å²) in [7, 11) is 1.26. The highest BCUT2D eigenvalue weighted by atomic mass is 16.6. The second-order valence-electron chi connectivity index (χ2n) is 3.56. The van der Waals surface area contributed by atoms with Crippen molar-refractivity contribution in [2.45, 2.75) is 6.92 Å². The molecule has 88 valence electrons. The molecule has 0 aliphatic rings. The molecule has 6 heteroatoms. The minimum atomic E-state index is -0.566. The van der Waals surface area contributed by atoms with Gasteiger partial charge in [-0.05, 0) is 19.1 Å². The zero-order valence-corrected chi connectivity index (χ0v) is 9.34. The molecule has 0 saturated heterocycles. The molecule has 17 heavy (non-hydrogen) atoms. The van der Waals surface area contributed by atoms with Gasteiger partial charge in [0.2, 0.25) is 0 Å². The van der Waals surface area contributed by atoms with Crippen LogP contribution in [0.15, 0.2) is 24.4 Å². The summed E-state index contributed by atoms with van der Waals surface area (Å²) in [5.41, 5.74) is 0.940. The van der Waals surface area contributed by atoms with Crippen LogP contribution in [0.4, 0.5) is 10.5 Å². The van der Waals surface area contributed by atoms with Crippen molar-refractivity contribution in [1.29, 1.82) is 0 Å². The summed E-state index contributed by atoms with van der Waals surface area (Å²) in [4.78, 5) is 21.8. The predicted octanol–water partition coefficient (Wildman–Crippen LogP) is 2.47. The zero-order chi connectivity index (χ0) is 12.6. The number of aryl methyl sites for hydroxylation is 1. The topological polar surface area (TPSA) is 74.4 Å². The minimum absolute atomic E-state index is 0.0126. The van der Waals surface area contributed by atoms with E-state index in [1.807, 2.05) is 0 Å². The maximum absolute atomic E-state index is 11.5. The number of fused-ring (bicyclic) bond motifs is 1. The van der Waals surface area contributed by atoms with Gasteiger partial charge in [0.25, 0.3) is 5.69 Å². The SMILES string of the molecule is COC(=O)n1ccc2ccc([N+](=O)[O-])c(C)c21. The summed E-state index contributed by atoms with van der Waals surface area (Å²) in [6, 6.07) is 4.75. The Hall–Kier alpha value is -2.37. The van der Waals surface area contributed by atoms with Gasteiger partial charge in [0.1, 0.15) is 0 Å². The molecule has 0 radical (unpaired) electrons. The second kappa shape index (κ2) is 3.89. The Morgan fingerprint density at radius 1 is 1.41 bits per heavy atom. The number of benzene rings is 1. The largest absolute Gasteiger partial charge is 0.452 e. The number of methoxy groups -OCH3 is 1. The Balaban J connectivity index is 2.77.